The summed E-state index contributed by atoms with van der Waals surface area (Å²) in [5.41, 5.74) is 4.03. The molecule has 1 aliphatic rings. The molecular formula is C24H24N2O3. The van der Waals surface area contributed by atoms with Crippen molar-refractivity contribution in [2.24, 2.45) is 0 Å². The first kappa shape index (κ1) is 19.0. The van der Waals surface area contributed by atoms with Gasteiger partial charge >= 0.3 is 0 Å². The fourth-order valence-electron chi connectivity index (χ4n) is 3.46. The summed E-state index contributed by atoms with van der Waals surface area (Å²) in [6, 6.07) is 15.7. The van der Waals surface area contributed by atoms with E-state index in [1.807, 2.05) is 36.4 Å². The minimum absolute atomic E-state index is 0.178. The summed E-state index contributed by atoms with van der Waals surface area (Å²) < 4.78 is 11.0. The van der Waals surface area contributed by atoms with Gasteiger partial charge in [-0.05, 0) is 41.5 Å². The molecule has 1 aliphatic heterocycles. The molecule has 0 saturated carbocycles. The predicted octanol–water partition coefficient (Wildman–Crippen LogP) is 4.37. The molecule has 5 nitrogen and oxygen atoms in total. The number of hydrogen-bond donors (Lipinski definition) is 1. The Hall–Kier alpha value is -3.31. The number of benzene rings is 2. The van der Waals surface area contributed by atoms with Gasteiger partial charge in [-0.3, -0.25) is 9.88 Å². The molecule has 4 rings (SSSR count). The summed E-state index contributed by atoms with van der Waals surface area (Å²) in [6.45, 7) is 2.85. The maximum Gasteiger partial charge on any atom is 0.165 e. The van der Waals surface area contributed by atoms with Crippen molar-refractivity contribution in [1.82, 2.24) is 9.88 Å². The Balaban J connectivity index is 1.49. The van der Waals surface area contributed by atoms with Crippen LogP contribution in [-0.4, -0.2) is 41.8 Å². The standard InChI is InChI=1S/C24H24N2O3/c1-28-22-8-6-18(7-9-22)4-3-11-26-12-13-29-24-21(17-26)14-20(15-23(24)27)19-5-2-10-25-16-19/h2-10,14-16,27H,11-13,17H2,1H3. The minimum Gasteiger partial charge on any atom is -0.504 e. The normalized spacial score (nSPS) is 14.2. The van der Waals surface area contributed by atoms with E-state index in [9.17, 15) is 5.11 Å². The van der Waals surface area contributed by atoms with E-state index >= 15 is 0 Å². The molecule has 0 fully saturated rings. The Kier molecular flexibility index (Phi) is 5.77. The molecule has 0 aliphatic carbocycles. The fourth-order valence-corrected chi connectivity index (χ4v) is 3.46. The number of hydrogen-bond acceptors (Lipinski definition) is 5. The number of aromatic hydroxyl groups is 1. The molecule has 0 atom stereocenters. The van der Waals surface area contributed by atoms with Crippen LogP contribution in [0.3, 0.4) is 0 Å². The second kappa shape index (κ2) is 8.80. The Morgan fingerprint density at radius 2 is 2.03 bits per heavy atom. The lowest BCUT2D eigenvalue weighted by Crippen LogP contribution is -2.25. The van der Waals surface area contributed by atoms with Gasteiger partial charge in [0.2, 0.25) is 0 Å². The lowest BCUT2D eigenvalue weighted by molar-refractivity contribution is 0.239. The van der Waals surface area contributed by atoms with Crippen molar-refractivity contribution in [3.8, 4) is 28.4 Å². The summed E-state index contributed by atoms with van der Waals surface area (Å²) in [5.74, 6) is 1.61. The first-order valence-corrected chi connectivity index (χ1v) is 9.65. The third kappa shape index (κ3) is 4.58. The van der Waals surface area contributed by atoms with Crippen molar-refractivity contribution in [3.05, 3.63) is 78.1 Å². The molecule has 5 heteroatoms. The van der Waals surface area contributed by atoms with E-state index in [2.05, 4.69) is 28.1 Å². The highest BCUT2D eigenvalue weighted by molar-refractivity contribution is 5.68. The molecule has 3 aromatic rings. The predicted molar refractivity (Wildman–Crippen MR) is 114 cm³/mol. The summed E-state index contributed by atoms with van der Waals surface area (Å²) in [7, 11) is 1.67. The zero-order valence-corrected chi connectivity index (χ0v) is 16.4. The summed E-state index contributed by atoms with van der Waals surface area (Å²) in [5, 5.41) is 10.5. The number of phenolic OH excluding ortho intramolecular Hbond substituents is 1. The van der Waals surface area contributed by atoms with Gasteiger partial charge in [-0.15, -0.1) is 0 Å². The third-order valence-corrected chi connectivity index (χ3v) is 4.98. The van der Waals surface area contributed by atoms with Crippen LogP contribution < -0.4 is 9.47 Å². The average Bonchev–Trinajstić information content (AvgIpc) is 2.97. The van der Waals surface area contributed by atoms with Gasteiger partial charge in [0.05, 0.1) is 7.11 Å². The fraction of sp³-hybridized carbons (Fsp3) is 0.208. The Bertz CT molecular complexity index is 985. The van der Waals surface area contributed by atoms with Crippen LogP contribution in [0.2, 0.25) is 0 Å². The van der Waals surface area contributed by atoms with Gasteiger partial charge in [-0.2, -0.15) is 0 Å². The monoisotopic (exact) mass is 388 g/mol. The molecule has 0 saturated heterocycles. The number of rotatable bonds is 5. The third-order valence-electron chi connectivity index (χ3n) is 4.98. The highest BCUT2D eigenvalue weighted by Crippen LogP contribution is 2.37. The van der Waals surface area contributed by atoms with Crippen LogP contribution in [0.1, 0.15) is 11.1 Å². The lowest BCUT2D eigenvalue weighted by Gasteiger charge is -2.17. The largest absolute Gasteiger partial charge is 0.504 e. The smallest absolute Gasteiger partial charge is 0.165 e. The van der Waals surface area contributed by atoms with Crippen LogP contribution in [0.25, 0.3) is 17.2 Å². The van der Waals surface area contributed by atoms with Crippen LogP contribution in [-0.2, 0) is 6.54 Å². The second-order valence-corrected chi connectivity index (χ2v) is 6.98. The molecule has 0 radical (unpaired) electrons. The van der Waals surface area contributed by atoms with E-state index in [1.54, 1.807) is 25.6 Å². The molecule has 1 N–H and O–H groups in total. The van der Waals surface area contributed by atoms with E-state index in [4.69, 9.17) is 9.47 Å². The maximum absolute atomic E-state index is 10.5. The van der Waals surface area contributed by atoms with Crippen molar-refractivity contribution < 1.29 is 14.6 Å². The van der Waals surface area contributed by atoms with Crippen LogP contribution in [0.15, 0.2) is 67.0 Å². The molecule has 1 aromatic heterocycles. The number of aromatic nitrogens is 1. The molecule has 2 heterocycles. The molecule has 0 amide bonds. The Labute approximate surface area is 170 Å². The van der Waals surface area contributed by atoms with E-state index < -0.39 is 0 Å². The van der Waals surface area contributed by atoms with E-state index in [-0.39, 0.29) is 5.75 Å². The van der Waals surface area contributed by atoms with Crippen LogP contribution in [0.5, 0.6) is 17.2 Å². The highest BCUT2D eigenvalue weighted by Gasteiger charge is 2.19. The van der Waals surface area contributed by atoms with E-state index in [0.29, 0.717) is 18.9 Å². The summed E-state index contributed by atoms with van der Waals surface area (Å²) in [4.78, 5) is 6.48. The van der Waals surface area contributed by atoms with Crippen molar-refractivity contribution in [3.63, 3.8) is 0 Å². The maximum atomic E-state index is 10.5. The van der Waals surface area contributed by atoms with Crippen molar-refractivity contribution in [2.75, 3.05) is 26.8 Å². The SMILES string of the molecule is COc1ccc(C=CCN2CCOc3c(O)cc(-c4cccnc4)cc3C2)cc1. The van der Waals surface area contributed by atoms with Gasteiger partial charge < -0.3 is 14.6 Å². The van der Waals surface area contributed by atoms with Crippen LogP contribution in [0.4, 0.5) is 0 Å². The van der Waals surface area contributed by atoms with Gasteiger partial charge in [-0.1, -0.05) is 30.4 Å². The number of phenols is 1. The van der Waals surface area contributed by atoms with Gasteiger partial charge in [0.1, 0.15) is 12.4 Å². The molecule has 0 spiro atoms. The number of fused-ring (bicyclic) bond motifs is 1. The first-order chi connectivity index (χ1) is 14.2. The number of nitrogens with zero attached hydrogens (tertiary/aromatic N) is 2. The van der Waals surface area contributed by atoms with Crippen LogP contribution in [0, 0.1) is 0 Å². The molecule has 148 valence electrons. The van der Waals surface area contributed by atoms with E-state index in [0.717, 1.165) is 41.1 Å². The highest BCUT2D eigenvalue weighted by atomic mass is 16.5. The first-order valence-electron chi connectivity index (χ1n) is 9.65. The van der Waals surface area contributed by atoms with Crippen molar-refractivity contribution >= 4 is 6.08 Å². The Morgan fingerprint density at radius 3 is 2.79 bits per heavy atom. The molecule has 29 heavy (non-hydrogen) atoms. The average molecular weight is 388 g/mol. The van der Waals surface area contributed by atoms with Crippen LogP contribution >= 0.6 is 0 Å². The second-order valence-electron chi connectivity index (χ2n) is 6.98. The number of ether oxygens (including phenoxy) is 2. The van der Waals surface area contributed by atoms with Gasteiger partial charge in [0.15, 0.2) is 11.5 Å². The summed E-state index contributed by atoms with van der Waals surface area (Å²) >= 11 is 0. The molecular weight excluding hydrogens is 364 g/mol. The van der Waals surface area contributed by atoms with E-state index in [1.165, 1.54) is 0 Å². The number of pyridine rings is 1. The topological polar surface area (TPSA) is 54.8 Å². The molecule has 2 aromatic carbocycles. The van der Waals surface area contributed by atoms with Gasteiger partial charge in [-0.25, -0.2) is 0 Å². The zero-order valence-electron chi connectivity index (χ0n) is 16.4. The zero-order chi connectivity index (χ0) is 20.1. The van der Waals surface area contributed by atoms with Gasteiger partial charge in [0.25, 0.3) is 0 Å². The quantitative estimate of drug-likeness (QED) is 0.703. The molecule has 0 unspecified atom stereocenters. The lowest BCUT2D eigenvalue weighted by atomic mass is 10.0. The van der Waals surface area contributed by atoms with Gasteiger partial charge in [0, 0.05) is 43.2 Å². The summed E-state index contributed by atoms with van der Waals surface area (Å²) in [6.07, 6.45) is 7.80. The molecule has 0 bridgehead atoms. The van der Waals surface area contributed by atoms with Crippen molar-refractivity contribution in [2.45, 2.75) is 6.54 Å². The number of methoxy groups -OCH3 is 1. The Morgan fingerprint density at radius 1 is 1.17 bits per heavy atom. The minimum atomic E-state index is 0.178. The van der Waals surface area contributed by atoms with Crippen molar-refractivity contribution in [1.29, 1.82) is 0 Å².